The van der Waals surface area contributed by atoms with Crippen LogP contribution in [0, 0.1) is 13.8 Å². The summed E-state index contributed by atoms with van der Waals surface area (Å²) < 4.78 is 10.3. The van der Waals surface area contributed by atoms with Crippen LogP contribution in [-0.4, -0.2) is 18.1 Å². The molecule has 0 atom stereocenters. The molecule has 0 saturated carbocycles. The molecule has 23 heavy (non-hydrogen) atoms. The van der Waals surface area contributed by atoms with Gasteiger partial charge < -0.3 is 9.15 Å². The van der Waals surface area contributed by atoms with Crippen LogP contribution >= 0.6 is 0 Å². The summed E-state index contributed by atoms with van der Waals surface area (Å²) in [5.41, 5.74) is 2.32. The van der Waals surface area contributed by atoms with E-state index in [4.69, 9.17) is 9.15 Å². The zero-order valence-electron chi connectivity index (χ0n) is 14.3. The lowest BCUT2D eigenvalue weighted by Gasteiger charge is -2.24. The molecule has 0 unspecified atom stereocenters. The van der Waals surface area contributed by atoms with E-state index in [1.807, 2.05) is 26.0 Å². The van der Waals surface area contributed by atoms with Crippen LogP contribution < -0.4 is 10.9 Å². The molecule has 0 bridgehead atoms. The summed E-state index contributed by atoms with van der Waals surface area (Å²) in [4.78, 5) is 23.7. The van der Waals surface area contributed by atoms with Crippen molar-refractivity contribution >= 4 is 16.9 Å². The van der Waals surface area contributed by atoms with Crippen LogP contribution in [0.4, 0.5) is 0 Å². The predicted octanol–water partition coefficient (Wildman–Crippen LogP) is 2.84. The molecule has 0 aliphatic heterocycles. The number of carbonyl (C=O) groups excluding carboxylic acids is 1. The van der Waals surface area contributed by atoms with Crippen molar-refractivity contribution in [1.82, 2.24) is 5.32 Å². The number of hydrogen-bond acceptors (Lipinski definition) is 5. The van der Waals surface area contributed by atoms with Gasteiger partial charge in [0.1, 0.15) is 11.1 Å². The molecule has 0 amide bonds. The fraction of sp³-hybridized carbons (Fsp3) is 0.444. The molecule has 1 heterocycles. The Balaban J connectivity index is 2.35. The van der Waals surface area contributed by atoms with Crippen LogP contribution in [0.3, 0.4) is 0 Å². The van der Waals surface area contributed by atoms with E-state index in [2.05, 4.69) is 5.32 Å². The first-order valence-electron chi connectivity index (χ1n) is 7.71. The number of rotatable bonds is 5. The van der Waals surface area contributed by atoms with Gasteiger partial charge >= 0.3 is 11.6 Å². The Morgan fingerprint density at radius 2 is 1.87 bits per heavy atom. The zero-order chi connectivity index (χ0) is 17.2. The summed E-state index contributed by atoms with van der Waals surface area (Å²) >= 11 is 0. The van der Waals surface area contributed by atoms with Gasteiger partial charge in [-0.2, -0.15) is 0 Å². The summed E-state index contributed by atoms with van der Waals surface area (Å²) in [6, 6.07) is 5.33. The molecule has 1 N–H and O–H groups in total. The van der Waals surface area contributed by atoms with Crippen LogP contribution in [0.2, 0.25) is 0 Å². The van der Waals surface area contributed by atoms with Gasteiger partial charge in [-0.3, -0.25) is 10.1 Å². The lowest BCUT2D eigenvalue weighted by atomic mass is 10.0. The van der Waals surface area contributed by atoms with Gasteiger partial charge in [-0.25, -0.2) is 4.79 Å². The Bertz CT molecular complexity index is 789. The van der Waals surface area contributed by atoms with Crippen molar-refractivity contribution in [2.45, 2.75) is 46.7 Å². The van der Waals surface area contributed by atoms with E-state index < -0.39 is 11.2 Å². The summed E-state index contributed by atoms with van der Waals surface area (Å²) in [6.07, 6.45) is 0. The molecule has 1 aromatic heterocycles. The second kappa shape index (κ2) is 6.54. The average Bonchev–Trinajstić information content (AvgIpc) is 2.47. The minimum atomic E-state index is -0.835. The maximum atomic E-state index is 12.0. The van der Waals surface area contributed by atoms with Crippen molar-refractivity contribution in [3.63, 3.8) is 0 Å². The molecule has 2 rings (SSSR count). The summed E-state index contributed by atoms with van der Waals surface area (Å²) in [5.74, 6) is -0.320. The van der Waals surface area contributed by atoms with Crippen molar-refractivity contribution in [2.75, 3.05) is 6.61 Å². The highest BCUT2D eigenvalue weighted by Crippen LogP contribution is 2.22. The Kier molecular flexibility index (Phi) is 4.90. The van der Waals surface area contributed by atoms with E-state index in [0.717, 1.165) is 22.1 Å². The highest BCUT2D eigenvalue weighted by atomic mass is 16.5. The number of aryl methyl sites for hydroxylation is 2. The van der Waals surface area contributed by atoms with E-state index in [1.54, 1.807) is 20.8 Å². The van der Waals surface area contributed by atoms with Crippen LogP contribution in [-0.2, 0) is 16.1 Å². The van der Waals surface area contributed by atoms with E-state index in [-0.39, 0.29) is 5.97 Å². The second-order valence-electron chi connectivity index (χ2n) is 6.22. The lowest BCUT2D eigenvalue weighted by Crippen LogP contribution is -2.47. The number of ether oxygens (including phenoxy) is 1. The number of benzene rings is 1. The number of carbonyl (C=O) groups is 1. The molecule has 124 valence electrons. The van der Waals surface area contributed by atoms with Crippen molar-refractivity contribution in [3.8, 4) is 0 Å². The van der Waals surface area contributed by atoms with Gasteiger partial charge in [0.05, 0.1) is 6.61 Å². The quantitative estimate of drug-likeness (QED) is 0.678. The number of fused-ring (bicyclic) bond motifs is 1. The number of esters is 1. The number of nitrogens with one attached hydrogen (secondary N) is 1. The van der Waals surface area contributed by atoms with Crippen LogP contribution in [0.5, 0.6) is 0 Å². The first-order chi connectivity index (χ1) is 10.7. The van der Waals surface area contributed by atoms with Crippen molar-refractivity contribution in [1.29, 1.82) is 0 Å². The van der Waals surface area contributed by atoms with Crippen LogP contribution in [0.15, 0.2) is 27.4 Å². The Morgan fingerprint density at radius 1 is 1.22 bits per heavy atom. The van der Waals surface area contributed by atoms with Crippen LogP contribution in [0.1, 0.15) is 37.5 Å². The fourth-order valence-electron chi connectivity index (χ4n) is 2.33. The SMILES string of the molecule is CCOC(=O)C(C)(C)NCc1cc(=O)oc2cc(C)c(C)cc12. The van der Waals surface area contributed by atoms with E-state index in [9.17, 15) is 9.59 Å². The van der Waals surface area contributed by atoms with Crippen molar-refractivity contribution < 1.29 is 13.9 Å². The molecule has 0 spiro atoms. The third-order valence-electron chi connectivity index (χ3n) is 3.95. The smallest absolute Gasteiger partial charge is 0.336 e. The predicted molar refractivity (Wildman–Crippen MR) is 89.5 cm³/mol. The summed E-state index contributed by atoms with van der Waals surface area (Å²) in [6.45, 7) is 9.98. The monoisotopic (exact) mass is 317 g/mol. The Hall–Kier alpha value is -2.14. The second-order valence-corrected chi connectivity index (χ2v) is 6.22. The molecule has 2 aromatic rings. The van der Waals surface area contributed by atoms with Crippen molar-refractivity contribution in [2.24, 2.45) is 0 Å². The standard InChI is InChI=1S/C18H23NO4/c1-6-22-17(21)18(4,5)19-10-13-9-16(20)23-15-8-12(3)11(2)7-14(13)15/h7-9,19H,6,10H2,1-5H3. The molecular formula is C18H23NO4. The van der Waals surface area contributed by atoms with Gasteiger partial charge in [-0.15, -0.1) is 0 Å². The minimum absolute atomic E-state index is 0.320. The molecule has 5 nitrogen and oxygen atoms in total. The normalized spacial score (nSPS) is 11.7. The largest absolute Gasteiger partial charge is 0.465 e. The van der Waals surface area contributed by atoms with Gasteiger partial charge in [-0.05, 0) is 63.4 Å². The van der Waals surface area contributed by atoms with Gasteiger partial charge in [0.2, 0.25) is 0 Å². The third-order valence-corrected chi connectivity index (χ3v) is 3.95. The molecule has 0 saturated heterocycles. The van der Waals surface area contributed by atoms with Gasteiger partial charge in [0, 0.05) is 18.0 Å². The zero-order valence-corrected chi connectivity index (χ0v) is 14.3. The number of hydrogen-bond donors (Lipinski definition) is 1. The molecule has 1 aromatic carbocycles. The summed E-state index contributed by atoms with van der Waals surface area (Å²) in [7, 11) is 0. The first kappa shape index (κ1) is 17.2. The van der Waals surface area contributed by atoms with Gasteiger partial charge in [0.25, 0.3) is 0 Å². The van der Waals surface area contributed by atoms with E-state index in [0.29, 0.717) is 18.7 Å². The highest BCUT2D eigenvalue weighted by molar-refractivity contribution is 5.82. The minimum Gasteiger partial charge on any atom is -0.465 e. The Labute approximate surface area is 135 Å². The Morgan fingerprint density at radius 3 is 2.52 bits per heavy atom. The first-order valence-corrected chi connectivity index (χ1v) is 7.71. The average molecular weight is 317 g/mol. The van der Waals surface area contributed by atoms with Gasteiger partial charge in [0.15, 0.2) is 0 Å². The van der Waals surface area contributed by atoms with Gasteiger partial charge in [-0.1, -0.05) is 0 Å². The van der Waals surface area contributed by atoms with E-state index >= 15 is 0 Å². The molecular weight excluding hydrogens is 294 g/mol. The molecule has 0 radical (unpaired) electrons. The van der Waals surface area contributed by atoms with E-state index in [1.165, 1.54) is 6.07 Å². The third kappa shape index (κ3) is 3.79. The maximum absolute atomic E-state index is 12.0. The topological polar surface area (TPSA) is 68.5 Å². The molecule has 0 fully saturated rings. The summed E-state index contributed by atoms with van der Waals surface area (Å²) in [5, 5.41) is 4.03. The highest BCUT2D eigenvalue weighted by Gasteiger charge is 2.28. The molecule has 0 aliphatic carbocycles. The molecule has 0 aliphatic rings. The lowest BCUT2D eigenvalue weighted by molar-refractivity contribution is -0.149. The van der Waals surface area contributed by atoms with Crippen LogP contribution in [0.25, 0.3) is 11.0 Å². The maximum Gasteiger partial charge on any atom is 0.336 e. The fourth-order valence-corrected chi connectivity index (χ4v) is 2.33. The van der Waals surface area contributed by atoms with Crippen molar-refractivity contribution in [3.05, 3.63) is 45.3 Å². The molecule has 5 heteroatoms.